The lowest BCUT2D eigenvalue weighted by molar-refractivity contribution is -0.137. The average Bonchev–Trinajstić information content (AvgIpc) is 3.42. The highest BCUT2D eigenvalue weighted by molar-refractivity contribution is 7.97. The molecule has 46 heavy (non-hydrogen) atoms. The minimum absolute atomic E-state index is 0.190. The van der Waals surface area contributed by atoms with E-state index in [4.69, 9.17) is 4.74 Å². The Bertz CT molecular complexity index is 2000. The van der Waals surface area contributed by atoms with E-state index in [1.807, 2.05) is 97.1 Å². The number of amides is 1. The highest BCUT2D eigenvalue weighted by Crippen LogP contribution is 2.54. The molecule has 6 heteroatoms. The topological polar surface area (TPSA) is 63.7 Å². The van der Waals surface area contributed by atoms with Gasteiger partial charge in [-0.3, -0.25) is 14.5 Å². The van der Waals surface area contributed by atoms with Crippen molar-refractivity contribution in [2.45, 2.75) is 6.92 Å². The van der Waals surface area contributed by atoms with Gasteiger partial charge in [-0.1, -0.05) is 133 Å². The van der Waals surface area contributed by atoms with Gasteiger partial charge in [0.15, 0.2) is 0 Å². The third-order valence-corrected chi connectivity index (χ3v) is 12.7. The van der Waals surface area contributed by atoms with Crippen molar-refractivity contribution >= 4 is 57.0 Å². The lowest BCUT2D eigenvalue weighted by Crippen LogP contribution is -2.37. The van der Waals surface area contributed by atoms with E-state index in [1.165, 1.54) is 6.08 Å². The van der Waals surface area contributed by atoms with Gasteiger partial charge in [0.1, 0.15) is 5.70 Å². The summed E-state index contributed by atoms with van der Waals surface area (Å²) in [4.78, 5) is 45.0. The van der Waals surface area contributed by atoms with Gasteiger partial charge in [-0.15, -0.1) is 0 Å². The van der Waals surface area contributed by atoms with Crippen LogP contribution in [0.2, 0.25) is 0 Å². The molecule has 5 aromatic rings. The molecule has 0 saturated heterocycles. The van der Waals surface area contributed by atoms with Gasteiger partial charge >= 0.3 is 5.97 Å². The molecule has 0 spiro atoms. The average molecular weight is 620 g/mol. The molecule has 1 aliphatic heterocycles. The third-order valence-electron chi connectivity index (χ3n) is 8.38. The number of carbonyl (C=O) groups is 3. The van der Waals surface area contributed by atoms with Crippen LogP contribution in [0.5, 0.6) is 0 Å². The number of ether oxygens (including phenoxy) is 1. The third kappa shape index (κ3) is 4.60. The predicted octanol–water partition coefficient (Wildman–Crippen LogP) is 6.30. The van der Waals surface area contributed by atoms with E-state index in [9.17, 15) is 9.59 Å². The van der Waals surface area contributed by atoms with Gasteiger partial charge in [-0.25, -0.2) is 4.79 Å². The van der Waals surface area contributed by atoms with Crippen LogP contribution in [0.25, 0.3) is 5.57 Å². The highest BCUT2D eigenvalue weighted by atomic mass is 31.2. The predicted molar refractivity (Wildman–Crippen MR) is 186 cm³/mol. The van der Waals surface area contributed by atoms with Crippen molar-refractivity contribution in [1.29, 1.82) is 0 Å². The highest BCUT2D eigenvalue weighted by Gasteiger charge is 2.49. The van der Waals surface area contributed by atoms with Crippen LogP contribution in [0.1, 0.15) is 22.8 Å². The number of hydrogen-bond donors (Lipinski definition) is 0. The maximum absolute atomic E-state index is 15.5. The van der Waals surface area contributed by atoms with Gasteiger partial charge in [-0.2, -0.15) is 0 Å². The number of ketones is 1. The van der Waals surface area contributed by atoms with Gasteiger partial charge in [0.25, 0.3) is 5.91 Å². The monoisotopic (exact) mass is 619 g/mol. The molecule has 0 unspecified atom stereocenters. The van der Waals surface area contributed by atoms with Gasteiger partial charge in [-0.05, 0) is 53.0 Å². The first kappa shape index (κ1) is 29.2. The Labute approximate surface area is 268 Å². The van der Waals surface area contributed by atoms with Crippen molar-refractivity contribution in [2.24, 2.45) is 0 Å². The zero-order valence-electron chi connectivity index (χ0n) is 25.2. The fourth-order valence-electron chi connectivity index (χ4n) is 6.56. The molecule has 7 rings (SSSR count). The Hall–Kier alpha value is -5.51. The van der Waals surface area contributed by atoms with E-state index in [0.29, 0.717) is 33.3 Å². The summed E-state index contributed by atoms with van der Waals surface area (Å²) >= 11 is 0. The minimum atomic E-state index is -3.02. The van der Waals surface area contributed by atoms with Gasteiger partial charge in [0.05, 0.1) is 11.9 Å². The molecule has 0 fully saturated rings. The molecule has 1 amide bonds. The first-order chi connectivity index (χ1) is 22.6. The van der Waals surface area contributed by atoms with Crippen LogP contribution in [0.3, 0.4) is 0 Å². The molecule has 1 aliphatic carbocycles. The van der Waals surface area contributed by atoms with E-state index in [-0.39, 0.29) is 24.0 Å². The quantitative estimate of drug-likeness (QED) is 0.127. The molecule has 2 aliphatic rings. The molecule has 0 radical (unpaired) electrons. The van der Waals surface area contributed by atoms with E-state index >= 15 is 4.79 Å². The molecule has 0 aromatic heterocycles. The first-order valence-electron chi connectivity index (χ1n) is 15.2. The molecule has 1 heterocycles. The summed E-state index contributed by atoms with van der Waals surface area (Å²) < 4.78 is 5.43. The summed E-state index contributed by atoms with van der Waals surface area (Å²) in [5, 5.41) is 3.37. The zero-order chi connectivity index (χ0) is 31.7. The number of esters is 1. The zero-order valence-corrected chi connectivity index (χ0v) is 26.1. The molecule has 0 N–H and O–H groups in total. The SMILES string of the molecule is CCOC(=O)/C=C1\C2=C(C(=O)c3ccccc31)N(c1ccccc1)C(=O)C2=P(c1ccccc1)(c1ccccc1)c1ccccc1. The summed E-state index contributed by atoms with van der Waals surface area (Å²) in [5.41, 5.74) is 2.80. The summed E-state index contributed by atoms with van der Waals surface area (Å²) in [5.74, 6) is -1.11. The van der Waals surface area contributed by atoms with Crippen molar-refractivity contribution in [3.63, 3.8) is 0 Å². The van der Waals surface area contributed by atoms with Crippen LogP contribution < -0.4 is 20.8 Å². The van der Waals surface area contributed by atoms with Crippen LogP contribution in [0.15, 0.2) is 163 Å². The second-order valence-corrected chi connectivity index (χ2v) is 14.2. The lowest BCUT2D eigenvalue weighted by atomic mass is 9.83. The first-order valence-corrected chi connectivity index (χ1v) is 17.0. The number of hydrogen-bond acceptors (Lipinski definition) is 4. The normalized spacial score (nSPS) is 15.2. The summed E-state index contributed by atoms with van der Waals surface area (Å²) in [6.07, 6.45) is 1.45. The Kier molecular flexibility index (Phi) is 7.69. The van der Waals surface area contributed by atoms with Gasteiger partial charge in [0.2, 0.25) is 5.78 Å². The number of allylic oxidation sites excluding steroid dienone is 2. The van der Waals surface area contributed by atoms with E-state index in [0.717, 1.165) is 15.9 Å². The number of benzene rings is 5. The summed E-state index contributed by atoms with van der Waals surface area (Å²) in [7, 11) is 0. The molecular weight excluding hydrogens is 589 g/mol. The van der Waals surface area contributed by atoms with E-state index in [1.54, 1.807) is 24.0 Å². The maximum Gasteiger partial charge on any atom is 0.331 e. The fourth-order valence-corrected chi connectivity index (χ4v) is 11.0. The summed E-state index contributed by atoms with van der Waals surface area (Å²) in [6.45, 7) is -1.07. The van der Waals surface area contributed by atoms with Crippen molar-refractivity contribution < 1.29 is 19.1 Å². The smallest absolute Gasteiger partial charge is 0.331 e. The van der Waals surface area contributed by atoms with Crippen molar-refractivity contribution in [3.8, 4) is 0 Å². The molecule has 0 saturated carbocycles. The second-order valence-electron chi connectivity index (χ2n) is 10.9. The van der Waals surface area contributed by atoms with Crippen molar-refractivity contribution in [3.05, 3.63) is 174 Å². The molecule has 5 aromatic carbocycles. The van der Waals surface area contributed by atoms with Crippen LogP contribution >= 0.6 is 6.89 Å². The number of Topliss-reactive ketones (excluding diaryl/α,β-unsaturated/α-hetero) is 1. The number of carbonyl (C=O) groups excluding carboxylic acids is 3. The number of anilines is 1. The number of para-hydroxylation sites is 1. The Morgan fingerprint density at radius 1 is 0.652 bits per heavy atom. The summed E-state index contributed by atoms with van der Waals surface area (Å²) in [6, 6.07) is 46.6. The molecule has 0 atom stereocenters. The Balaban J connectivity index is 1.75. The van der Waals surface area contributed by atoms with Gasteiger partial charge in [0, 0.05) is 22.9 Å². The van der Waals surface area contributed by atoms with Crippen molar-refractivity contribution in [2.75, 3.05) is 11.5 Å². The molecule has 0 bridgehead atoms. The van der Waals surface area contributed by atoms with Crippen molar-refractivity contribution in [1.82, 2.24) is 0 Å². The van der Waals surface area contributed by atoms with Crippen LogP contribution in [0, 0.1) is 0 Å². The van der Waals surface area contributed by atoms with Crippen LogP contribution in [-0.4, -0.2) is 29.6 Å². The fraction of sp³-hybridized carbons (Fsp3) is 0.0500. The van der Waals surface area contributed by atoms with Gasteiger partial charge < -0.3 is 4.74 Å². The molecule has 5 nitrogen and oxygen atoms in total. The van der Waals surface area contributed by atoms with E-state index in [2.05, 4.69) is 36.4 Å². The largest absolute Gasteiger partial charge is 0.463 e. The lowest BCUT2D eigenvalue weighted by Gasteiger charge is -2.32. The standard InChI is InChI=1S/C40H30NO4P/c1-2-45-35(42)27-34-32-25-15-16-26-33(32)38(43)37-36(34)39(40(44)41(37)28-17-7-3-8-18-28)46(29-19-9-4-10-20-29,30-21-11-5-12-22-30)31-23-13-6-14-24-31/h3-27H,2H2,1H3/b34-27-. The number of nitrogens with zero attached hydrogens (tertiary/aromatic N) is 1. The van der Waals surface area contributed by atoms with E-state index < -0.39 is 12.9 Å². The molecular formula is C40H30NO4P. The van der Waals surface area contributed by atoms with Crippen LogP contribution in [-0.2, 0) is 14.3 Å². The minimum Gasteiger partial charge on any atom is -0.463 e. The number of rotatable bonds is 6. The number of fused-ring (bicyclic) bond motifs is 1. The second kappa shape index (κ2) is 12.1. The Morgan fingerprint density at radius 2 is 1.11 bits per heavy atom. The maximum atomic E-state index is 15.5. The Morgan fingerprint density at radius 3 is 1.61 bits per heavy atom. The van der Waals surface area contributed by atoms with Crippen LogP contribution in [0.4, 0.5) is 5.69 Å². The molecule has 224 valence electrons.